The second kappa shape index (κ2) is 9.40. The molecule has 0 fully saturated rings. The Balaban J connectivity index is 3.06. The van der Waals surface area contributed by atoms with E-state index >= 15 is 0 Å². The summed E-state index contributed by atoms with van der Waals surface area (Å²) in [5, 5.41) is 18.3. The zero-order valence-corrected chi connectivity index (χ0v) is 8.86. The first-order chi connectivity index (χ1) is 6.70. The van der Waals surface area contributed by atoms with Gasteiger partial charge in [0.25, 0.3) is 0 Å². The Morgan fingerprint density at radius 1 is 0.714 bits per heavy atom. The molecule has 86 valence electrons. The fraction of sp³-hybridized carbons (Fsp3) is 1.00. The van der Waals surface area contributed by atoms with Crippen LogP contribution in [0, 0.1) is 0 Å². The average molecular weight is 204 g/mol. The van der Waals surface area contributed by atoms with Gasteiger partial charge in [-0.05, 0) is 12.8 Å². The van der Waals surface area contributed by atoms with Crippen molar-refractivity contribution < 1.29 is 10.2 Å². The minimum Gasteiger partial charge on any atom is -0.392 e. The van der Waals surface area contributed by atoms with E-state index in [-0.39, 0.29) is 12.2 Å². The fourth-order valence-electron chi connectivity index (χ4n) is 1.35. The smallest absolute Gasteiger partial charge is 0.0662 e. The van der Waals surface area contributed by atoms with Gasteiger partial charge >= 0.3 is 0 Å². The summed E-state index contributed by atoms with van der Waals surface area (Å²) in [5.74, 6) is 0. The molecule has 0 aliphatic carbocycles. The van der Waals surface area contributed by atoms with E-state index < -0.39 is 0 Å². The Kier molecular flexibility index (Phi) is 9.29. The highest BCUT2D eigenvalue weighted by molar-refractivity contribution is 4.58. The van der Waals surface area contributed by atoms with Crippen LogP contribution in [0.25, 0.3) is 0 Å². The zero-order chi connectivity index (χ0) is 10.8. The van der Waals surface area contributed by atoms with E-state index in [1.807, 2.05) is 0 Å². The van der Waals surface area contributed by atoms with Gasteiger partial charge in [0.05, 0.1) is 12.2 Å². The zero-order valence-electron chi connectivity index (χ0n) is 8.86. The molecule has 0 aromatic carbocycles. The van der Waals surface area contributed by atoms with Crippen LogP contribution in [0.15, 0.2) is 0 Å². The van der Waals surface area contributed by atoms with Crippen molar-refractivity contribution in [2.75, 3.05) is 13.1 Å². The van der Waals surface area contributed by atoms with Crippen molar-refractivity contribution in [3.8, 4) is 0 Å². The predicted molar refractivity (Wildman–Crippen MR) is 57.8 cm³/mol. The molecule has 4 heteroatoms. The highest BCUT2D eigenvalue weighted by Crippen LogP contribution is 2.08. The van der Waals surface area contributed by atoms with Crippen molar-refractivity contribution in [1.29, 1.82) is 0 Å². The quantitative estimate of drug-likeness (QED) is 0.397. The third-order valence-electron chi connectivity index (χ3n) is 2.37. The van der Waals surface area contributed by atoms with Gasteiger partial charge in [0, 0.05) is 13.1 Å². The van der Waals surface area contributed by atoms with Gasteiger partial charge < -0.3 is 21.7 Å². The van der Waals surface area contributed by atoms with Gasteiger partial charge in [-0.3, -0.25) is 0 Å². The maximum Gasteiger partial charge on any atom is 0.0662 e. The summed E-state index contributed by atoms with van der Waals surface area (Å²) in [4.78, 5) is 0. The Morgan fingerprint density at radius 3 is 1.36 bits per heavy atom. The van der Waals surface area contributed by atoms with Crippen molar-refractivity contribution in [3.05, 3.63) is 0 Å². The number of unbranched alkanes of at least 4 members (excludes halogenated alkanes) is 3. The molecule has 0 aromatic rings. The molecule has 0 amide bonds. The van der Waals surface area contributed by atoms with E-state index in [4.69, 9.17) is 21.7 Å². The Bertz CT molecular complexity index is 109. The first-order valence-corrected chi connectivity index (χ1v) is 5.47. The summed E-state index contributed by atoms with van der Waals surface area (Å²) in [5.41, 5.74) is 10.5. The van der Waals surface area contributed by atoms with Gasteiger partial charge in [-0.25, -0.2) is 0 Å². The van der Waals surface area contributed by atoms with Crippen LogP contribution in [0.4, 0.5) is 0 Å². The molecule has 0 bridgehead atoms. The molecule has 4 nitrogen and oxygen atoms in total. The van der Waals surface area contributed by atoms with E-state index in [9.17, 15) is 0 Å². The molecule has 14 heavy (non-hydrogen) atoms. The number of hydrogen-bond acceptors (Lipinski definition) is 4. The summed E-state index contributed by atoms with van der Waals surface area (Å²) in [6.45, 7) is 0.706. The van der Waals surface area contributed by atoms with Crippen molar-refractivity contribution in [2.24, 2.45) is 11.5 Å². The van der Waals surface area contributed by atoms with Gasteiger partial charge in [-0.2, -0.15) is 0 Å². The van der Waals surface area contributed by atoms with Crippen LogP contribution in [0.5, 0.6) is 0 Å². The molecule has 6 N–H and O–H groups in total. The van der Waals surface area contributed by atoms with E-state index in [0.717, 1.165) is 38.5 Å². The minimum absolute atomic E-state index is 0.343. The molecule has 0 aromatic heterocycles. The van der Waals surface area contributed by atoms with Crippen molar-refractivity contribution >= 4 is 0 Å². The third kappa shape index (κ3) is 8.44. The lowest BCUT2D eigenvalue weighted by molar-refractivity contribution is 0.163. The summed E-state index contributed by atoms with van der Waals surface area (Å²) >= 11 is 0. The molecule has 0 saturated heterocycles. The Labute approximate surface area is 86.3 Å². The van der Waals surface area contributed by atoms with Crippen LogP contribution in [-0.2, 0) is 0 Å². The van der Waals surface area contributed by atoms with E-state index in [1.54, 1.807) is 0 Å². The minimum atomic E-state index is -0.343. The molecule has 2 unspecified atom stereocenters. The maximum absolute atomic E-state index is 9.16. The lowest BCUT2D eigenvalue weighted by atomic mass is 10.1. The van der Waals surface area contributed by atoms with Gasteiger partial charge in [0.2, 0.25) is 0 Å². The lowest BCUT2D eigenvalue weighted by Crippen LogP contribution is -2.19. The largest absolute Gasteiger partial charge is 0.392 e. The van der Waals surface area contributed by atoms with Gasteiger partial charge in [0.1, 0.15) is 0 Å². The lowest BCUT2D eigenvalue weighted by Gasteiger charge is -2.08. The van der Waals surface area contributed by atoms with Crippen LogP contribution in [-0.4, -0.2) is 35.5 Å². The molecular weight excluding hydrogens is 180 g/mol. The first-order valence-electron chi connectivity index (χ1n) is 5.47. The second-order valence-electron chi connectivity index (χ2n) is 3.77. The molecular formula is C10H24N2O2. The van der Waals surface area contributed by atoms with Crippen LogP contribution < -0.4 is 11.5 Å². The van der Waals surface area contributed by atoms with Crippen molar-refractivity contribution in [2.45, 2.75) is 50.7 Å². The van der Waals surface area contributed by atoms with Crippen LogP contribution in [0.1, 0.15) is 38.5 Å². The standard InChI is InChI=1S/C10H24N2O2/c11-7-9(13)5-3-1-2-4-6-10(14)8-12/h9-10,13-14H,1-8,11-12H2. The van der Waals surface area contributed by atoms with E-state index in [0.29, 0.717) is 13.1 Å². The monoisotopic (exact) mass is 204 g/mol. The molecule has 2 atom stereocenters. The number of hydrogen-bond donors (Lipinski definition) is 4. The van der Waals surface area contributed by atoms with E-state index in [1.165, 1.54) is 0 Å². The SMILES string of the molecule is NCC(O)CCCCCCC(O)CN. The Hall–Kier alpha value is -0.160. The number of nitrogens with two attached hydrogens (primary N) is 2. The number of aliphatic hydroxyl groups excluding tert-OH is 2. The molecule has 0 rings (SSSR count). The predicted octanol–water partition coefficient (Wildman–Crippen LogP) is -0.0338. The summed E-state index contributed by atoms with van der Waals surface area (Å²) in [7, 11) is 0. The van der Waals surface area contributed by atoms with Gasteiger partial charge in [-0.15, -0.1) is 0 Å². The van der Waals surface area contributed by atoms with Gasteiger partial charge in [-0.1, -0.05) is 25.7 Å². The Morgan fingerprint density at radius 2 is 1.07 bits per heavy atom. The fourth-order valence-corrected chi connectivity index (χ4v) is 1.35. The van der Waals surface area contributed by atoms with Crippen molar-refractivity contribution in [3.63, 3.8) is 0 Å². The molecule has 0 saturated carbocycles. The second-order valence-corrected chi connectivity index (χ2v) is 3.77. The highest BCUT2D eigenvalue weighted by atomic mass is 16.3. The topological polar surface area (TPSA) is 92.5 Å². The first kappa shape index (κ1) is 13.8. The maximum atomic E-state index is 9.16. The molecule has 0 heterocycles. The summed E-state index contributed by atoms with van der Waals surface area (Å²) in [6, 6.07) is 0. The van der Waals surface area contributed by atoms with Crippen LogP contribution in [0.3, 0.4) is 0 Å². The normalized spacial score (nSPS) is 15.4. The van der Waals surface area contributed by atoms with Crippen molar-refractivity contribution in [1.82, 2.24) is 0 Å². The summed E-state index contributed by atoms with van der Waals surface area (Å²) in [6.07, 6.45) is 5.09. The van der Waals surface area contributed by atoms with Crippen LogP contribution in [0.2, 0.25) is 0 Å². The van der Waals surface area contributed by atoms with E-state index in [2.05, 4.69) is 0 Å². The average Bonchev–Trinajstić information content (AvgIpc) is 2.22. The molecule has 0 aliphatic rings. The number of rotatable bonds is 9. The van der Waals surface area contributed by atoms with Gasteiger partial charge in [0.15, 0.2) is 0 Å². The third-order valence-corrected chi connectivity index (χ3v) is 2.37. The molecule has 0 aliphatic heterocycles. The van der Waals surface area contributed by atoms with Crippen LogP contribution >= 0.6 is 0 Å². The number of aliphatic hydroxyl groups is 2. The molecule has 0 radical (unpaired) electrons. The summed E-state index contributed by atoms with van der Waals surface area (Å²) < 4.78 is 0. The highest BCUT2D eigenvalue weighted by Gasteiger charge is 2.02. The molecule has 0 spiro atoms.